The highest BCUT2D eigenvalue weighted by Crippen LogP contribution is 2.22. The number of carbonyl (C=O) groups is 2. The Morgan fingerprint density at radius 2 is 1.91 bits per heavy atom. The number of rotatable bonds is 2. The summed E-state index contributed by atoms with van der Waals surface area (Å²) in [6.45, 7) is 9.29. The lowest BCUT2D eigenvalue weighted by atomic mass is 9.90. The standard InChI is InChI=1S/C25H35NO5S/c1-15-7-6-8-16(2)21(27)12-22(28)18(4)23(29)13-25(30)31-24(10-9-15)17(3)11-20-14-32-19(5)26-20/h6,8-9,11,14,16,18,21,23-24,27,29H,7,10,12-13H2,1-5H3/b8-6-,15-9-,17-11+/t16-,18?,21+,23-,24-/m0/s1. The van der Waals surface area contributed by atoms with Gasteiger partial charge < -0.3 is 14.9 Å². The van der Waals surface area contributed by atoms with Crippen molar-refractivity contribution in [2.24, 2.45) is 11.8 Å². The molecular weight excluding hydrogens is 426 g/mol. The minimum atomic E-state index is -1.16. The van der Waals surface area contributed by atoms with E-state index in [0.717, 1.165) is 21.8 Å². The lowest BCUT2D eigenvalue weighted by Crippen LogP contribution is -2.33. The molecule has 0 radical (unpaired) electrons. The average Bonchev–Trinajstić information content (AvgIpc) is 3.13. The van der Waals surface area contributed by atoms with Gasteiger partial charge in [0.25, 0.3) is 0 Å². The number of aryl methyl sites for hydroxylation is 1. The fourth-order valence-electron chi connectivity index (χ4n) is 3.43. The van der Waals surface area contributed by atoms with E-state index < -0.39 is 30.2 Å². The number of Topliss-reactive ketones (excluding diaryl/α,β-unsaturated/α-hetero) is 1. The van der Waals surface area contributed by atoms with Crippen LogP contribution < -0.4 is 0 Å². The summed E-state index contributed by atoms with van der Waals surface area (Å²) in [5.74, 6) is -1.78. The van der Waals surface area contributed by atoms with Crippen molar-refractivity contribution in [3.63, 3.8) is 0 Å². The van der Waals surface area contributed by atoms with E-state index >= 15 is 0 Å². The number of cyclic esters (lactones) is 1. The van der Waals surface area contributed by atoms with Crippen molar-refractivity contribution in [3.05, 3.63) is 45.5 Å². The molecule has 0 spiro atoms. The van der Waals surface area contributed by atoms with Gasteiger partial charge in [-0.25, -0.2) is 4.98 Å². The van der Waals surface area contributed by atoms with Gasteiger partial charge in [-0.15, -0.1) is 11.3 Å². The maximum Gasteiger partial charge on any atom is 0.309 e. The zero-order valence-electron chi connectivity index (χ0n) is 19.6. The molecule has 1 aliphatic heterocycles. The first kappa shape index (κ1) is 26.2. The number of aliphatic hydroxyl groups is 2. The van der Waals surface area contributed by atoms with E-state index in [1.165, 1.54) is 0 Å². The van der Waals surface area contributed by atoms with Crippen molar-refractivity contribution in [2.75, 3.05) is 0 Å². The van der Waals surface area contributed by atoms with Crippen LogP contribution in [0, 0.1) is 18.8 Å². The Morgan fingerprint density at radius 3 is 2.56 bits per heavy atom. The van der Waals surface area contributed by atoms with E-state index in [0.29, 0.717) is 12.8 Å². The molecule has 1 aromatic heterocycles. The Hall–Kier alpha value is -2.09. The lowest BCUT2D eigenvalue weighted by Gasteiger charge is -2.23. The third kappa shape index (κ3) is 8.11. The molecule has 0 aromatic carbocycles. The molecule has 2 heterocycles. The second-order valence-corrected chi connectivity index (χ2v) is 9.80. The molecule has 5 atom stereocenters. The van der Waals surface area contributed by atoms with Crippen molar-refractivity contribution in [1.29, 1.82) is 0 Å². The highest BCUT2D eigenvalue weighted by molar-refractivity contribution is 7.09. The summed E-state index contributed by atoms with van der Waals surface area (Å²) in [7, 11) is 0. The fourth-order valence-corrected chi connectivity index (χ4v) is 4.00. The molecule has 0 saturated carbocycles. The molecule has 32 heavy (non-hydrogen) atoms. The molecule has 0 saturated heterocycles. The van der Waals surface area contributed by atoms with Crippen molar-refractivity contribution >= 4 is 29.2 Å². The Bertz CT molecular complexity index is 885. The van der Waals surface area contributed by atoms with E-state index in [1.54, 1.807) is 18.3 Å². The molecule has 2 N–H and O–H groups in total. The van der Waals surface area contributed by atoms with E-state index in [1.807, 2.05) is 57.4 Å². The maximum atomic E-state index is 12.6. The molecule has 1 unspecified atom stereocenters. The van der Waals surface area contributed by atoms with Crippen molar-refractivity contribution < 1.29 is 24.5 Å². The van der Waals surface area contributed by atoms with Gasteiger partial charge in [0.05, 0.1) is 29.3 Å². The summed E-state index contributed by atoms with van der Waals surface area (Å²) < 4.78 is 5.72. The summed E-state index contributed by atoms with van der Waals surface area (Å²) in [5.41, 5.74) is 2.79. The van der Waals surface area contributed by atoms with Gasteiger partial charge in [0.1, 0.15) is 11.9 Å². The quantitative estimate of drug-likeness (QED) is 0.500. The molecule has 6 nitrogen and oxygen atoms in total. The number of hydrogen-bond acceptors (Lipinski definition) is 7. The average molecular weight is 462 g/mol. The molecule has 2 rings (SSSR count). The molecule has 1 aromatic rings. The van der Waals surface area contributed by atoms with Gasteiger partial charge in [0.15, 0.2) is 0 Å². The van der Waals surface area contributed by atoms with Crippen LogP contribution in [0.5, 0.6) is 0 Å². The molecular formula is C25H35NO5S. The summed E-state index contributed by atoms with van der Waals surface area (Å²) in [6.07, 6.45) is 6.23. The summed E-state index contributed by atoms with van der Waals surface area (Å²) >= 11 is 1.56. The highest BCUT2D eigenvalue weighted by Gasteiger charge is 2.28. The zero-order chi connectivity index (χ0) is 23.8. The Balaban J connectivity index is 2.28. The number of esters is 1. The van der Waals surface area contributed by atoms with Crippen LogP contribution in [-0.4, -0.2) is 45.3 Å². The fraction of sp³-hybridized carbons (Fsp3) is 0.560. The van der Waals surface area contributed by atoms with Gasteiger partial charge in [0, 0.05) is 30.1 Å². The number of aliphatic hydroxyl groups excluding tert-OH is 2. The van der Waals surface area contributed by atoms with Crippen LogP contribution in [0.4, 0.5) is 0 Å². The topological polar surface area (TPSA) is 96.7 Å². The molecule has 7 heteroatoms. The number of hydrogen-bond donors (Lipinski definition) is 2. The number of thiazole rings is 1. The van der Waals surface area contributed by atoms with Crippen molar-refractivity contribution in [3.8, 4) is 0 Å². The third-order valence-corrected chi connectivity index (χ3v) is 6.62. The first-order valence-corrected chi connectivity index (χ1v) is 12.0. The second-order valence-electron chi connectivity index (χ2n) is 8.73. The number of nitrogens with zero attached hydrogens (tertiary/aromatic N) is 1. The van der Waals surface area contributed by atoms with Crippen LogP contribution in [0.2, 0.25) is 0 Å². The van der Waals surface area contributed by atoms with Crippen LogP contribution in [0.3, 0.4) is 0 Å². The van der Waals surface area contributed by atoms with E-state index in [-0.39, 0.29) is 24.5 Å². The van der Waals surface area contributed by atoms with Crippen molar-refractivity contribution in [1.82, 2.24) is 4.98 Å². The van der Waals surface area contributed by atoms with E-state index in [4.69, 9.17) is 4.74 Å². The van der Waals surface area contributed by atoms with Gasteiger partial charge in [-0.2, -0.15) is 0 Å². The highest BCUT2D eigenvalue weighted by atomic mass is 32.1. The van der Waals surface area contributed by atoms with Gasteiger partial charge in [-0.1, -0.05) is 37.6 Å². The predicted octanol–water partition coefficient (Wildman–Crippen LogP) is 4.41. The Labute approximate surface area is 194 Å². The van der Waals surface area contributed by atoms with Crippen LogP contribution >= 0.6 is 11.3 Å². The zero-order valence-corrected chi connectivity index (χ0v) is 20.4. The second kappa shape index (κ2) is 12.2. The predicted molar refractivity (Wildman–Crippen MR) is 127 cm³/mol. The maximum absolute atomic E-state index is 12.6. The van der Waals surface area contributed by atoms with E-state index in [2.05, 4.69) is 4.98 Å². The third-order valence-electron chi connectivity index (χ3n) is 5.83. The normalized spacial score (nSPS) is 32.2. The van der Waals surface area contributed by atoms with Gasteiger partial charge in [0.2, 0.25) is 0 Å². The molecule has 0 bridgehead atoms. The molecule has 0 amide bonds. The van der Waals surface area contributed by atoms with Crippen LogP contribution in [0.25, 0.3) is 6.08 Å². The van der Waals surface area contributed by atoms with Gasteiger partial charge in [-0.05, 0) is 38.8 Å². The molecule has 0 fully saturated rings. The first-order chi connectivity index (χ1) is 15.1. The SMILES string of the molecule is C/C1=C/C[C@@H](/C(C)=C/c2csc(C)n2)OC(=O)C[C@H](O)C(C)C(=O)C[C@@H](O)[C@@H](C)/C=C\C1. The van der Waals surface area contributed by atoms with Crippen LogP contribution in [-0.2, 0) is 14.3 Å². The summed E-state index contributed by atoms with van der Waals surface area (Å²) in [4.78, 5) is 29.5. The molecule has 176 valence electrons. The Kier molecular flexibility index (Phi) is 10.0. The minimum absolute atomic E-state index is 0.0644. The number of allylic oxidation sites excluding steroid dienone is 2. The van der Waals surface area contributed by atoms with Crippen LogP contribution in [0.15, 0.2) is 34.8 Å². The first-order valence-electron chi connectivity index (χ1n) is 11.1. The number of aromatic nitrogens is 1. The van der Waals surface area contributed by atoms with Gasteiger partial charge >= 0.3 is 5.97 Å². The largest absolute Gasteiger partial charge is 0.457 e. The van der Waals surface area contributed by atoms with Crippen LogP contribution in [0.1, 0.15) is 64.1 Å². The van der Waals surface area contributed by atoms with E-state index in [9.17, 15) is 19.8 Å². The number of ether oxygens (including phenoxy) is 1. The number of ketones is 1. The van der Waals surface area contributed by atoms with Crippen molar-refractivity contribution in [2.45, 2.75) is 78.6 Å². The summed E-state index contributed by atoms with van der Waals surface area (Å²) in [6, 6.07) is 0. The molecule has 1 aliphatic rings. The monoisotopic (exact) mass is 461 g/mol. The Morgan fingerprint density at radius 1 is 1.19 bits per heavy atom. The smallest absolute Gasteiger partial charge is 0.309 e. The number of carbonyl (C=O) groups excluding carboxylic acids is 2. The summed E-state index contributed by atoms with van der Waals surface area (Å²) in [5, 5.41) is 23.7. The van der Waals surface area contributed by atoms with Gasteiger partial charge in [-0.3, -0.25) is 9.59 Å². The molecule has 0 aliphatic carbocycles. The lowest BCUT2D eigenvalue weighted by molar-refractivity contribution is -0.150. The minimum Gasteiger partial charge on any atom is -0.457 e.